The number of ketones is 1. The summed E-state index contributed by atoms with van der Waals surface area (Å²) in [5.41, 5.74) is 2.06. The van der Waals surface area contributed by atoms with Crippen LogP contribution in [-0.4, -0.2) is 10.8 Å². The van der Waals surface area contributed by atoms with E-state index >= 15 is 0 Å². The van der Waals surface area contributed by atoms with Gasteiger partial charge in [-0.05, 0) is 30.0 Å². The molecule has 0 unspecified atom stereocenters. The molecule has 3 heteroatoms. The zero-order valence-electron chi connectivity index (χ0n) is 8.42. The lowest BCUT2D eigenvalue weighted by Crippen LogP contribution is -2.28. The van der Waals surface area contributed by atoms with Gasteiger partial charge in [0.15, 0.2) is 0 Å². The van der Waals surface area contributed by atoms with Gasteiger partial charge < -0.3 is 0 Å². The average Bonchev–Trinajstić information content (AvgIpc) is 2.76. The highest BCUT2D eigenvalue weighted by Gasteiger charge is 2.47. The molecule has 2 aliphatic carbocycles. The van der Waals surface area contributed by atoms with Crippen LogP contribution in [-0.2, 0) is 16.6 Å². The van der Waals surface area contributed by atoms with Gasteiger partial charge in [0.05, 0.1) is 5.41 Å². The Morgan fingerprint density at radius 2 is 2.07 bits per heavy atom. The predicted molar refractivity (Wildman–Crippen MR) is 58.1 cm³/mol. The van der Waals surface area contributed by atoms with Gasteiger partial charge in [0.1, 0.15) is 10.9 Å². The van der Waals surface area contributed by atoms with E-state index in [1.54, 1.807) is 0 Å². The highest BCUT2D eigenvalue weighted by atomic mass is 35.5. The fourth-order valence-electron chi connectivity index (χ4n) is 3.06. The molecule has 0 bridgehead atoms. The Kier molecular flexibility index (Phi) is 1.90. The molecule has 1 spiro atoms. The first kappa shape index (κ1) is 9.34. The zero-order valence-corrected chi connectivity index (χ0v) is 9.18. The molecule has 0 N–H and O–H groups in total. The molecule has 0 amide bonds. The van der Waals surface area contributed by atoms with Crippen molar-refractivity contribution in [2.45, 2.75) is 37.5 Å². The van der Waals surface area contributed by atoms with Gasteiger partial charge in [-0.2, -0.15) is 0 Å². The maximum absolute atomic E-state index is 12.1. The summed E-state index contributed by atoms with van der Waals surface area (Å²) in [5.74, 6) is 0.374. The van der Waals surface area contributed by atoms with E-state index < -0.39 is 0 Å². The molecule has 1 aromatic heterocycles. The normalized spacial score (nSPS) is 22.3. The number of Topliss-reactive ketones (excluding diaryl/α,β-unsaturated/α-hetero) is 1. The summed E-state index contributed by atoms with van der Waals surface area (Å²) in [6, 6.07) is 1.85. The summed E-state index contributed by atoms with van der Waals surface area (Å²) < 4.78 is 0. The fraction of sp³-hybridized carbons (Fsp3) is 0.500. The molecule has 0 saturated heterocycles. The van der Waals surface area contributed by atoms with Crippen molar-refractivity contribution in [1.29, 1.82) is 0 Å². The van der Waals surface area contributed by atoms with Gasteiger partial charge in [0.25, 0.3) is 0 Å². The molecule has 1 fully saturated rings. The maximum Gasteiger partial charge on any atom is 0.147 e. The summed E-state index contributed by atoms with van der Waals surface area (Å²) in [6.45, 7) is 0. The first-order valence-corrected chi connectivity index (χ1v) is 5.78. The average molecular weight is 222 g/mol. The summed E-state index contributed by atoms with van der Waals surface area (Å²) in [7, 11) is 0. The quantitative estimate of drug-likeness (QED) is 0.631. The Hall–Kier alpha value is -0.890. The molecule has 1 aromatic rings. The molecule has 1 saturated carbocycles. The van der Waals surface area contributed by atoms with Crippen molar-refractivity contribution in [2.75, 3.05) is 0 Å². The third-order valence-electron chi connectivity index (χ3n) is 3.81. The Balaban J connectivity index is 2.17. The van der Waals surface area contributed by atoms with Crippen LogP contribution >= 0.6 is 11.6 Å². The first-order valence-electron chi connectivity index (χ1n) is 5.41. The second kappa shape index (κ2) is 3.05. The van der Waals surface area contributed by atoms with E-state index in [2.05, 4.69) is 4.98 Å². The standard InChI is InChI=1S/C12H12ClNO/c13-11-6-8-5-10(15)12(3-1-2-4-12)9(8)7-14-11/h6-7H,1-5H2. The second-order valence-corrected chi connectivity index (χ2v) is 4.94. The Bertz CT molecular complexity index is 435. The lowest BCUT2D eigenvalue weighted by molar-refractivity contribution is -0.122. The number of carbonyl (C=O) groups excluding carboxylic acids is 1. The van der Waals surface area contributed by atoms with Crippen LogP contribution < -0.4 is 0 Å². The molecule has 15 heavy (non-hydrogen) atoms. The second-order valence-electron chi connectivity index (χ2n) is 4.55. The minimum Gasteiger partial charge on any atom is -0.298 e. The van der Waals surface area contributed by atoms with Crippen LogP contribution in [0.2, 0.25) is 5.15 Å². The summed E-state index contributed by atoms with van der Waals surface area (Å²) in [6.07, 6.45) is 6.69. The van der Waals surface area contributed by atoms with E-state index in [9.17, 15) is 4.79 Å². The van der Waals surface area contributed by atoms with Crippen LogP contribution in [0.4, 0.5) is 0 Å². The highest BCUT2D eigenvalue weighted by Crippen LogP contribution is 2.47. The minimum absolute atomic E-state index is 0.188. The number of hydrogen-bond donors (Lipinski definition) is 0. The summed E-state index contributed by atoms with van der Waals surface area (Å²) in [5, 5.41) is 0.497. The number of carbonyl (C=O) groups is 1. The molecule has 0 aromatic carbocycles. The smallest absolute Gasteiger partial charge is 0.147 e. The van der Waals surface area contributed by atoms with E-state index in [1.807, 2.05) is 12.3 Å². The van der Waals surface area contributed by atoms with Crippen LogP contribution in [0.3, 0.4) is 0 Å². The SMILES string of the molecule is O=C1Cc2cc(Cl)ncc2C12CCCC2. The van der Waals surface area contributed by atoms with Crippen molar-refractivity contribution in [3.05, 3.63) is 28.5 Å². The zero-order chi connectivity index (χ0) is 10.5. The molecule has 2 aliphatic rings. The third-order valence-corrected chi connectivity index (χ3v) is 4.02. The van der Waals surface area contributed by atoms with Crippen molar-refractivity contribution < 1.29 is 4.79 Å². The predicted octanol–water partition coefficient (Wildman–Crippen LogP) is 2.67. The molecule has 1 heterocycles. The molecular weight excluding hydrogens is 210 g/mol. The lowest BCUT2D eigenvalue weighted by atomic mass is 9.80. The minimum atomic E-state index is -0.188. The molecule has 0 aliphatic heterocycles. The number of pyridine rings is 1. The Morgan fingerprint density at radius 3 is 2.80 bits per heavy atom. The largest absolute Gasteiger partial charge is 0.298 e. The van der Waals surface area contributed by atoms with Crippen molar-refractivity contribution in [3.8, 4) is 0 Å². The van der Waals surface area contributed by atoms with E-state index in [0.717, 1.165) is 36.8 Å². The highest BCUT2D eigenvalue weighted by molar-refractivity contribution is 6.29. The van der Waals surface area contributed by atoms with Crippen molar-refractivity contribution in [2.24, 2.45) is 0 Å². The van der Waals surface area contributed by atoms with Crippen LogP contribution in [0.15, 0.2) is 12.3 Å². The van der Waals surface area contributed by atoms with Gasteiger partial charge in [0, 0.05) is 12.6 Å². The molecule has 0 radical (unpaired) electrons. The van der Waals surface area contributed by atoms with E-state index in [4.69, 9.17) is 11.6 Å². The summed E-state index contributed by atoms with van der Waals surface area (Å²) >= 11 is 5.84. The number of hydrogen-bond acceptors (Lipinski definition) is 2. The molecule has 78 valence electrons. The molecule has 2 nitrogen and oxygen atoms in total. The topological polar surface area (TPSA) is 30.0 Å². The van der Waals surface area contributed by atoms with Crippen LogP contribution in [0.5, 0.6) is 0 Å². The number of halogens is 1. The van der Waals surface area contributed by atoms with Crippen LogP contribution in [0.25, 0.3) is 0 Å². The number of fused-ring (bicyclic) bond motifs is 2. The summed E-state index contributed by atoms with van der Waals surface area (Å²) in [4.78, 5) is 16.2. The van der Waals surface area contributed by atoms with E-state index in [-0.39, 0.29) is 5.41 Å². The van der Waals surface area contributed by atoms with E-state index in [1.165, 1.54) is 0 Å². The Labute approximate surface area is 93.7 Å². The third kappa shape index (κ3) is 1.18. The number of aromatic nitrogens is 1. The number of nitrogens with zero attached hydrogens (tertiary/aromatic N) is 1. The van der Waals surface area contributed by atoms with Gasteiger partial charge in [-0.3, -0.25) is 4.79 Å². The first-order chi connectivity index (χ1) is 7.22. The molecule has 0 atom stereocenters. The van der Waals surface area contributed by atoms with Gasteiger partial charge >= 0.3 is 0 Å². The maximum atomic E-state index is 12.1. The van der Waals surface area contributed by atoms with Crippen molar-refractivity contribution >= 4 is 17.4 Å². The lowest BCUT2D eigenvalue weighted by Gasteiger charge is -2.21. The Morgan fingerprint density at radius 1 is 1.33 bits per heavy atom. The van der Waals surface area contributed by atoms with Gasteiger partial charge in [-0.1, -0.05) is 24.4 Å². The molecular formula is C12H12ClNO. The number of rotatable bonds is 0. The monoisotopic (exact) mass is 221 g/mol. The molecule has 3 rings (SSSR count). The van der Waals surface area contributed by atoms with Crippen LogP contribution in [0.1, 0.15) is 36.8 Å². The van der Waals surface area contributed by atoms with Gasteiger partial charge in [0.2, 0.25) is 0 Å². The van der Waals surface area contributed by atoms with Gasteiger partial charge in [-0.25, -0.2) is 4.98 Å². The fourth-order valence-corrected chi connectivity index (χ4v) is 3.24. The van der Waals surface area contributed by atoms with E-state index in [0.29, 0.717) is 17.4 Å². The van der Waals surface area contributed by atoms with Crippen LogP contribution in [0, 0.1) is 0 Å². The van der Waals surface area contributed by atoms with Crippen molar-refractivity contribution in [1.82, 2.24) is 4.98 Å². The van der Waals surface area contributed by atoms with Crippen molar-refractivity contribution in [3.63, 3.8) is 0 Å². The van der Waals surface area contributed by atoms with Gasteiger partial charge in [-0.15, -0.1) is 0 Å².